The number of hydrogen-bond acceptors (Lipinski definition) is 4. The highest BCUT2D eigenvalue weighted by molar-refractivity contribution is 5.90. The maximum atomic E-state index is 13.4. The molecule has 1 fully saturated rings. The molecule has 5 rings (SSSR count). The average Bonchev–Trinajstić information content (AvgIpc) is 3.46. The maximum Gasteiger partial charge on any atom is 0.237 e. The molecular formula is C27H36N4O2. The minimum atomic E-state index is -0.222. The van der Waals surface area contributed by atoms with Crippen LogP contribution in [0, 0.1) is 19.8 Å². The lowest BCUT2D eigenvalue weighted by atomic mass is 9.94. The lowest BCUT2D eigenvalue weighted by Gasteiger charge is -2.26. The molecule has 0 saturated heterocycles. The van der Waals surface area contributed by atoms with Crippen LogP contribution >= 0.6 is 0 Å². The van der Waals surface area contributed by atoms with Crippen LogP contribution in [0.4, 0.5) is 0 Å². The van der Waals surface area contributed by atoms with Crippen molar-refractivity contribution < 1.29 is 9.32 Å². The van der Waals surface area contributed by atoms with Crippen LogP contribution in [0.5, 0.6) is 0 Å². The zero-order valence-corrected chi connectivity index (χ0v) is 20.3. The van der Waals surface area contributed by atoms with Gasteiger partial charge in [-0.1, -0.05) is 44.0 Å². The molecule has 33 heavy (non-hydrogen) atoms. The van der Waals surface area contributed by atoms with Crippen molar-refractivity contribution in [2.45, 2.75) is 90.9 Å². The number of nitrogens with zero attached hydrogens (tertiary/aromatic N) is 2. The lowest BCUT2D eigenvalue weighted by molar-refractivity contribution is -0.124. The first-order valence-electron chi connectivity index (χ1n) is 12.5. The predicted octanol–water partition coefficient (Wildman–Crippen LogP) is 4.95. The van der Waals surface area contributed by atoms with Gasteiger partial charge in [0.1, 0.15) is 5.76 Å². The van der Waals surface area contributed by atoms with E-state index in [1.807, 2.05) is 13.8 Å². The first-order valence-corrected chi connectivity index (χ1v) is 12.5. The SMILES string of the molecule is Cc1noc(C)c1Cn1cc2c3c(cccc31)[C@H](CC(C)C)N[C@H](C(=O)NC1CCCC1)C2. The largest absolute Gasteiger partial charge is 0.361 e. The number of carbonyl (C=O) groups excluding carboxylic acids is 1. The fourth-order valence-corrected chi connectivity index (χ4v) is 5.76. The number of carbonyl (C=O) groups is 1. The van der Waals surface area contributed by atoms with Crippen molar-refractivity contribution in [1.29, 1.82) is 0 Å². The van der Waals surface area contributed by atoms with Gasteiger partial charge in [-0.25, -0.2) is 0 Å². The quantitative estimate of drug-likeness (QED) is 0.559. The van der Waals surface area contributed by atoms with Crippen LogP contribution in [0.2, 0.25) is 0 Å². The molecule has 1 aromatic carbocycles. The van der Waals surface area contributed by atoms with E-state index in [9.17, 15) is 4.79 Å². The normalized spacial score (nSPS) is 21.1. The van der Waals surface area contributed by atoms with E-state index in [1.54, 1.807) is 0 Å². The Morgan fingerprint density at radius 2 is 2.06 bits per heavy atom. The van der Waals surface area contributed by atoms with Gasteiger partial charge in [0.25, 0.3) is 0 Å². The third-order valence-electron chi connectivity index (χ3n) is 7.45. The molecule has 1 aliphatic heterocycles. The summed E-state index contributed by atoms with van der Waals surface area (Å²) in [5.41, 5.74) is 5.85. The number of aryl methyl sites for hydroxylation is 2. The molecule has 3 heterocycles. The molecular weight excluding hydrogens is 412 g/mol. The molecule has 176 valence electrons. The highest BCUT2D eigenvalue weighted by Gasteiger charge is 2.32. The number of aromatic nitrogens is 2. The Morgan fingerprint density at radius 3 is 2.76 bits per heavy atom. The highest BCUT2D eigenvalue weighted by Crippen LogP contribution is 2.36. The summed E-state index contributed by atoms with van der Waals surface area (Å²) in [4.78, 5) is 13.4. The number of nitrogens with one attached hydrogen (secondary N) is 2. The Kier molecular flexibility index (Phi) is 6.04. The average molecular weight is 449 g/mol. The van der Waals surface area contributed by atoms with E-state index in [-0.39, 0.29) is 18.0 Å². The minimum Gasteiger partial charge on any atom is -0.361 e. The molecule has 0 bridgehead atoms. The molecule has 6 nitrogen and oxygen atoms in total. The van der Waals surface area contributed by atoms with Crippen LogP contribution in [0.25, 0.3) is 10.9 Å². The van der Waals surface area contributed by atoms with Gasteiger partial charge in [-0.2, -0.15) is 0 Å². The van der Waals surface area contributed by atoms with Crippen molar-refractivity contribution in [3.05, 3.63) is 52.5 Å². The summed E-state index contributed by atoms with van der Waals surface area (Å²) in [5.74, 6) is 1.55. The number of rotatable bonds is 6. The molecule has 0 spiro atoms. The molecule has 3 aromatic rings. The maximum absolute atomic E-state index is 13.4. The summed E-state index contributed by atoms with van der Waals surface area (Å²) in [7, 11) is 0. The van der Waals surface area contributed by atoms with E-state index in [0.29, 0.717) is 18.4 Å². The molecule has 1 amide bonds. The molecule has 6 heteroatoms. The molecule has 2 aliphatic rings. The first kappa shape index (κ1) is 22.2. The van der Waals surface area contributed by atoms with Crippen molar-refractivity contribution in [2.75, 3.05) is 0 Å². The van der Waals surface area contributed by atoms with E-state index in [0.717, 1.165) is 42.8 Å². The molecule has 2 atom stereocenters. The smallest absolute Gasteiger partial charge is 0.237 e. The molecule has 0 radical (unpaired) electrons. The van der Waals surface area contributed by atoms with Crippen molar-refractivity contribution >= 4 is 16.8 Å². The van der Waals surface area contributed by atoms with E-state index in [4.69, 9.17) is 4.52 Å². The third kappa shape index (κ3) is 4.33. The van der Waals surface area contributed by atoms with Gasteiger partial charge in [-0.3, -0.25) is 10.1 Å². The van der Waals surface area contributed by atoms with Crippen LogP contribution in [0.1, 0.15) is 80.1 Å². The van der Waals surface area contributed by atoms with Crippen molar-refractivity contribution in [3.8, 4) is 0 Å². The Bertz CT molecular complexity index is 1130. The highest BCUT2D eigenvalue weighted by atomic mass is 16.5. The van der Waals surface area contributed by atoms with Crippen molar-refractivity contribution in [1.82, 2.24) is 20.4 Å². The minimum absolute atomic E-state index is 0.148. The van der Waals surface area contributed by atoms with E-state index in [1.165, 1.54) is 34.9 Å². The number of hydrogen-bond donors (Lipinski definition) is 2. The van der Waals surface area contributed by atoms with Crippen molar-refractivity contribution in [2.24, 2.45) is 5.92 Å². The summed E-state index contributed by atoms with van der Waals surface area (Å²) in [6, 6.07) is 6.86. The molecule has 1 saturated carbocycles. The van der Waals surface area contributed by atoms with Crippen LogP contribution in [-0.4, -0.2) is 27.7 Å². The van der Waals surface area contributed by atoms with Gasteiger partial charge in [0, 0.05) is 34.7 Å². The van der Waals surface area contributed by atoms with E-state index in [2.05, 4.69) is 58.6 Å². The second-order valence-corrected chi connectivity index (χ2v) is 10.4. The van der Waals surface area contributed by atoms with Crippen LogP contribution in [-0.2, 0) is 17.8 Å². The van der Waals surface area contributed by atoms with Crippen LogP contribution in [0.3, 0.4) is 0 Å². The zero-order valence-electron chi connectivity index (χ0n) is 20.3. The predicted molar refractivity (Wildman–Crippen MR) is 130 cm³/mol. The standard InChI is InChI=1S/C27H36N4O2/c1-16(2)12-23-21-10-7-11-25-26(21)19(14-31(25)15-22-17(3)30-33-18(22)4)13-24(29-23)27(32)28-20-8-5-6-9-20/h7,10-11,14,16,20,23-24,29H,5-6,8-9,12-13,15H2,1-4H3,(H,28,32)/t23-,24-/m0/s1. The van der Waals surface area contributed by atoms with Gasteiger partial charge in [0.05, 0.1) is 18.3 Å². The summed E-state index contributed by atoms with van der Waals surface area (Å²) < 4.78 is 7.72. The summed E-state index contributed by atoms with van der Waals surface area (Å²) >= 11 is 0. The summed E-state index contributed by atoms with van der Waals surface area (Å²) in [6.07, 6.45) is 8.59. The number of benzene rings is 1. The summed E-state index contributed by atoms with van der Waals surface area (Å²) in [6.45, 7) is 9.21. The Morgan fingerprint density at radius 1 is 1.27 bits per heavy atom. The lowest BCUT2D eigenvalue weighted by Crippen LogP contribution is -2.49. The topological polar surface area (TPSA) is 72.1 Å². The van der Waals surface area contributed by atoms with Crippen molar-refractivity contribution in [3.63, 3.8) is 0 Å². The molecule has 0 unspecified atom stereocenters. The second kappa shape index (κ2) is 8.98. The number of amides is 1. The Balaban J connectivity index is 1.53. The third-order valence-corrected chi connectivity index (χ3v) is 7.45. The molecule has 2 aromatic heterocycles. The van der Waals surface area contributed by atoms with Gasteiger partial charge in [0.2, 0.25) is 5.91 Å². The van der Waals surface area contributed by atoms with Crippen LogP contribution < -0.4 is 10.6 Å². The summed E-state index contributed by atoms with van der Waals surface area (Å²) in [5, 5.41) is 12.5. The van der Waals surface area contributed by atoms with Gasteiger partial charge in [-0.15, -0.1) is 0 Å². The van der Waals surface area contributed by atoms with Gasteiger partial charge in [-0.05, 0) is 62.6 Å². The molecule has 2 N–H and O–H groups in total. The van der Waals surface area contributed by atoms with E-state index >= 15 is 0 Å². The van der Waals surface area contributed by atoms with Gasteiger partial charge < -0.3 is 14.4 Å². The molecule has 1 aliphatic carbocycles. The second-order valence-electron chi connectivity index (χ2n) is 10.4. The fraction of sp³-hybridized carbons (Fsp3) is 0.556. The monoisotopic (exact) mass is 448 g/mol. The zero-order chi connectivity index (χ0) is 23.1. The van der Waals surface area contributed by atoms with E-state index < -0.39 is 0 Å². The fourth-order valence-electron chi connectivity index (χ4n) is 5.76. The Labute approximate surface area is 196 Å². The van der Waals surface area contributed by atoms with Gasteiger partial charge in [0.15, 0.2) is 0 Å². The Hall–Kier alpha value is -2.60. The van der Waals surface area contributed by atoms with Gasteiger partial charge >= 0.3 is 0 Å². The first-order chi connectivity index (χ1) is 15.9. The van der Waals surface area contributed by atoms with Crippen LogP contribution in [0.15, 0.2) is 28.9 Å².